The molecule has 1 aromatic rings. The van der Waals surface area contributed by atoms with Gasteiger partial charge in [-0.2, -0.15) is 0 Å². The highest BCUT2D eigenvalue weighted by Gasteiger charge is 2.29. The number of hydrogen-bond acceptors (Lipinski definition) is 2. The largest absolute Gasteiger partial charge is 0.334 e. The molecule has 1 saturated carbocycles. The van der Waals surface area contributed by atoms with Gasteiger partial charge in [-0.25, -0.2) is 0 Å². The molecule has 1 aliphatic carbocycles. The third kappa shape index (κ3) is 2.66. The Balaban J connectivity index is 2.21. The molecule has 2 rings (SSSR count). The van der Waals surface area contributed by atoms with E-state index in [0.29, 0.717) is 24.0 Å². The van der Waals surface area contributed by atoms with Crippen molar-refractivity contribution in [3.63, 3.8) is 0 Å². The van der Waals surface area contributed by atoms with Gasteiger partial charge in [0.05, 0.1) is 11.3 Å². The Morgan fingerprint density at radius 3 is 2.67 bits per heavy atom. The molecule has 0 aromatic carbocycles. The molecule has 0 aliphatic heterocycles. The van der Waals surface area contributed by atoms with Crippen molar-refractivity contribution in [1.29, 1.82) is 0 Å². The summed E-state index contributed by atoms with van der Waals surface area (Å²) in [7, 11) is 0. The standard InChI is InChI=1S/C14H19ClN2O/c1-10-6-7-13(11(2)16-10)14(18)17(9-8-15)12-4-3-5-12/h6-7,12H,3-5,8-9H2,1-2H3. The van der Waals surface area contributed by atoms with Gasteiger partial charge in [-0.05, 0) is 45.2 Å². The van der Waals surface area contributed by atoms with Gasteiger partial charge in [0.2, 0.25) is 0 Å². The van der Waals surface area contributed by atoms with Gasteiger partial charge in [0.25, 0.3) is 5.91 Å². The van der Waals surface area contributed by atoms with E-state index in [1.54, 1.807) is 0 Å². The summed E-state index contributed by atoms with van der Waals surface area (Å²) in [6, 6.07) is 4.14. The summed E-state index contributed by atoms with van der Waals surface area (Å²) in [5.74, 6) is 0.561. The summed E-state index contributed by atoms with van der Waals surface area (Å²) >= 11 is 5.81. The van der Waals surface area contributed by atoms with Crippen LogP contribution in [0.4, 0.5) is 0 Å². The molecule has 0 bridgehead atoms. The molecule has 0 N–H and O–H groups in total. The van der Waals surface area contributed by atoms with Crippen molar-refractivity contribution < 1.29 is 4.79 Å². The highest BCUT2D eigenvalue weighted by molar-refractivity contribution is 6.18. The van der Waals surface area contributed by atoms with Crippen LogP contribution in [0.1, 0.15) is 41.0 Å². The van der Waals surface area contributed by atoms with Gasteiger partial charge in [-0.1, -0.05) is 0 Å². The predicted molar refractivity (Wildman–Crippen MR) is 73.1 cm³/mol. The van der Waals surface area contributed by atoms with E-state index in [-0.39, 0.29) is 5.91 Å². The minimum absolute atomic E-state index is 0.0744. The third-order valence-corrected chi connectivity index (χ3v) is 3.73. The van der Waals surface area contributed by atoms with Crippen LogP contribution in [0.3, 0.4) is 0 Å². The zero-order valence-corrected chi connectivity index (χ0v) is 11.7. The SMILES string of the molecule is Cc1ccc(C(=O)N(CCCl)C2CCC2)c(C)n1. The van der Waals surface area contributed by atoms with E-state index < -0.39 is 0 Å². The van der Waals surface area contributed by atoms with Crippen LogP contribution >= 0.6 is 11.6 Å². The van der Waals surface area contributed by atoms with Crippen molar-refractivity contribution in [2.75, 3.05) is 12.4 Å². The van der Waals surface area contributed by atoms with Crippen LogP contribution < -0.4 is 0 Å². The fraction of sp³-hybridized carbons (Fsp3) is 0.571. The van der Waals surface area contributed by atoms with Gasteiger partial charge in [0.15, 0.2) is 0 Å². The molecular weight excluding hydrogens is 248 g/mol. The van der Waals surface area contributed by atoms with Crippen molar-refractivity contribution in [3.8, 4) is 0 Å². The fourth-order valence-corrected chi connectivity index (χ4v) is 2.49. The summed E-state index contributed by atoms with van der Waals surface area (Å²) in [4.78, 5) is 18.8. The quantitative estimate of drug-likeness (QED) is 0.785. The van der Waals surface area contributed by atoms with E-state index in [0.717, 1.165) is 24.2 Å². The Morgan fingerprint density at radius 2 is 2.17 bits per heavy atom. The molecule has 3 nitrogen and oxygen atoms in total. The highest BCUT2D eigenvalue weighted by atomic mass is 35.5. The number of pyridine rings is 1. The molecule has 18 heavy (non-hydrogen) atoms. The van der Waals surface area contributed by atoms with Crippen LogP contribution in [-0.2, 0) is 0 Å². The second-order valence-electron chi connectivity index (χ2n) is 4.86. The van der Waals surface area contributed by atoms with Crippen LogP contribution in [0.25, 0.3) is 0 Å². The Kier molecular flexibility index (Phi) is 4.23. The lowest BCUT2D eigenvalue weighted by Gasteiger charge is -2.37. The van der Waals surface area contributed by atoms with Gasteiger partial charge in [-0.3, -0.25) is 9.78 Å². The number of nitrogens with zero attached hydrogens (tertiary/aromatic N) is 2. The first-order valence-corrected chi connectivity index (χ1v) is 6.98. The van der Waals surface area contributed by atoms with Crippen molar-refractivity contribution in [2.24, 2.45) is 0 Å². The van der Waals surface area contributed by atoms with Gasteiger partial charge in [-0.15, -0.1) is 11.6 Å². The molecule has 0 saturated heterocycles. The van der Waals surface area contributed by atoms with E-state index in [9.17, 15) is 4.79 Å². The first-order valence-electron chi connectivity index (χ1n) is 6.44. The maximum Gasteiger partial charge on any atom is 0.255 e. The van der Waals surface area contributed by atoms with Crippen molar-refractivity contribution >= 4 is 17.5 Å². The summed E-state index contributed by atoms with van der Waals surface area (Å²) in [6.45, 7) is 4.45. The van der Waals surface area contributed by atoms with Crippen molar-refractivity contribution in [3.05, 3.63) is 29.1 Å². The number of rotatable bonds is 4. The number of aryl methyl sites for hydroxylation is 2. The molecular formula is C14H19ClN2O. The molecule has 0 unspecified atom stereocenters. The first-order chi connectivity index (χ1) is 8.63. The zero-order valence-electron chi connectivity index (χ0n) is 10.9. The summed E-state index contributed by atoms with van der Waals surface area (Å²) in [5.41, 5.74) is 2.45. The smallest absolute Gasteiger partial charge is 0.255 e. The van der Waals surface area contributed by atoms with Crippen LogP contribution in [0.2, 0.25) is 0 Å². The molecule has 1 amide bonds. The number of hydrogen-bond donors (Lipinski definition) is 0. The maximum absolute atomic E-state index is 12.5. The molecule has 1 aliphatic rings. The van der Waals surface area contributed by atoms with E-state index >= 15 is 0 Å². The highest BCUT2D eigenvalue weighted by Crippen LogP contribution is 2.26. The number of amides is 1. The lowest BCUT2D eigenvalue weighted by molar-refractivity contribution is 0.0596. The molecule has 0 spiro atoms. The number of alkyl halides is 1. The average molecular weight is 267 g/mol. The molecule has 4 heteroatoms. The van der Waals surface area contributed by atoms with Crippen molar-refractivity contribution in [1.82, 2.24) is 9.88 Å². The Labute approximate surface area is 113 Å². The number of aromatic nitrogens is 1. The number of carbonyl (C=O) groups is 1. The number of halogens is 1. The molecule has 1 aromatic heterocycles. The van der Waals surface area contributed by atoms with Gasteiger partial charge >= 0.3 is 0 Å². The maximum atomic E-state index is 12.5. The Hall–Kier alpha value is -1.09. The molecule has 0 atom stereocenters. The fourth-order valence-electron chi connectivity index (χ4n) is 2.31. The second-order valence-corrected chi connectivity index (χ2v) is 5.24. The lowest BCUT2D eigenvalue weighted by atomic mass is 9.91. The minimum Gasteiger partial charge on any atom is -0.334 e. The van der Waals surface area contributed by atoms with E-state index in [1.807, 2.05) is 30.9 Å². The first kappa shape index (κ1) is 13.3. The van der Waals surface area contributed by atoms with Crippen LogP contribution in [-0.4, -0.2) is 34.3 Å². The molecule has 1 heterocycles. The molecule has 0 radical (unpaired) electrons. The molecule has 1 fully saturated rings. The lowest BCUT2D eigenvalue weighted by Crippen LogP contribution is -2.45. The second kappa shape index (κ2) is 5.70. The summed E-state index contributed by atoms with van der Waals surface area (Å²) < 4.78 is 0. The third-order valence-electron chi connectivity index (χ3n) is 3.56. The van der Waals surface area contributed by atoms with Crippen LogP contribution in [0, 0.1) is 13.8 Å². The predicted octanol–water partition coefficient (Wildman–Crippen LogP) is 2.93. The van der Waals surface area contributed by atoms with Gasteiger partial charge in [0, 0.05) is 24.2 Å². The molecule has 98 valence electrons. The minimum atomic E-state index is 0.0744. The number of carbonyl (C=O) groups excluding carboxylic acids is 1. The topological polar surface area (TPSA) is 33.2 Å². The monoisotopic (exact) mass is 266 g/mol. The Morgan fingerprint density at radius 1 is 1.44 bits per heavy atom. The van der Waals surface area contributed by atoms with Gasteiger partial charge < -0.3 is 4.90 Å². The zero-order chi connectivity index (χ0) is 13.1. The normalized spacial score (nSPS) is 15.3. The van der Waals surface area contributed by atoms with Gasteiger partial charge in [0.1, 0.15) is 0 Å². The van der Waals surface area contributed by atoms with E-state index in [4.69, 9.17) is 11.6 Å². The van der Waals surface area contributed by atoms with E-state index in [2.05, 4.69) is 4.98 Å². The van der Waals surface area contributed by atoms with Crippen molar-refractivity contribution in [2.45, 2.75) is 39.2 Å². The summed E-state index contributed by atoms with van der Waals surface area (Å²) in [5, 5.41) is 0. The van der Waals surface area contributed by atoms with Crippen LogP contribution in [0.5, 0.6) is 0 Å². The van der Waals surface area contributed by atoms with E-state index in [1.165, 1.54) is 6.42 Å². The average Bonchev–Trinajstić information content (AvgIpc) is 2.25. The van der Waals surface area contributed by atoms with Crippen LogP contribution in [0.15, 0.2) is 12.1 Å². The Bertz CT molecular complexity index is 443. The summed E-state index contributed by atoms with van der Waals surface area (Å²) in [6.07, 6.45) is 3.41.